The summed E-state index contributed by atoms with van der Waals surface area (Å²) in [6.07, 6.45) is 1.64. The fourth-order valence-corrected chi connectivity index (χ4v) is 5.85. The lowest BCUT2D eigenvalue weighted by molar-refractivity contribution is -0.134. The van der Waals surface area contributed by atoms with Gasteiger partial charge in [0.05, 0.1) is 0 Å². The highest BCUT2D eigenvalue weighted by atomic mass is 35.5. The Kier molecular flexibility index (Phi) is 7.88. The summed E-state index contributed by atoms with van der Waals surface area (Å²) in [4.78, 5) is 14.9. The normalized spacial score (nSPS) is 14.1. The van der Waals surface area contributed by atoms with Crippen molar-refractivity contribution in [2.45, 2.75) is 30.8 Å². The monoisotopic (exact) mass is 498 g/mol. The van der Waals surface area contributed by atoms with Gasteiger partial charge in [0.25, 0.3) is 5.91 Å². The first-order valence-corrected chi connectivity index (χ1v) is 13.0. The zero-order valence-corrected chi connectivity index (χ0v) is 20.3. The Morgan fingerprint density at radius 3 is 2.00 bits per heavy atom. The Balaban J connectivity index is 1.53. The molecule has 0 atom stereocenters. The lowest BCUT2D eigenvalue weighted by atomic mass is 10.1. The van der Waals surface area contributed by atoms with Gasteiger partial charge in [-0.3, -0.25) is 4.79 Å². The van der Waals surface area contributed by atoms with E-state index < -0.39 is 10.0 Å². The minimum atomic E-state index is -3.76. The van der Waals surface area contributed by atoms with Crippen molar-refractivity contribution < 1.29 is 17.9 Å². The topological polar surface area (TPSA) is 66.9 Å². The first-order valence-electron chi connectivity index (χ1n) is 11.2. The third-order valence-corrected chi connectivity index (χ3v) is 7.88. The number of amides is 1. The zero-order chi connectivity index (χ0) is 24.0. The van der Waals surface area contributed by atoms with E-state index in [1.54, 1.807) is 11.0 Å². The molecule has 0 aliphatic carbocycles. The molecule has 3 aromatic rings. The molecule has 1 aliphatic heterocycles. The van der Waals surface area contributed by atoms with Gasteiger partial charge in [-0.25, -0.2) is 8.42 Å². The lowest BCUT2D eigenvalue weighted by Gasteiger charge is -2.24. The number of hydrogen-bond acceptors (Lipinski definition) is 4. The van der Waals surface area contributed by atoms with Crippen molar-refractivity contribution in [1.82, 2.24) is 9.21 Å². The largest absolute Gasteiger partial charge is 0.482 e. The van der Waals surface area contributed by atoms with Crippen molar-refractivity contribution in [3.8, 4) is 5.75 Å². The SMILES string of the molecule is O=C(COc1ccc(Cl)cc1S(=O)(=O)N1CCCC1)N(Cc1ccccc1)Cc1ccccc1. The molecule has 4 rings (SSSR count). The van der Waals surface area contributed by atoms with Crippen LogP contribution in [0.15, 0.2) is 83.8 Å². The molecule has 0 bridgehead atoms. The predicted molar refractivity (Wildman–Crippen MR) is 132 cm³/mol. The molecule has 1 heterocycles. The third-order valence-electron chi connectivity index (χ3n) is 5.72. The maximum atomic E-state index is 13.2. The van der Waals surface area contributed by atoms with Gasteiger partial charge >= 0.3 is 0 Å². The van der Waals surface area contributed by atoms with E-state index in [9.17, 15) is 13.2 Å². The van der Waals surface area contributed by atoms with E-state index in [0.717, 1.165) is 24.0 Å². The smallest absolute Gasteiger partial charge is 0.261 e. The van der Waals surface area contributed by atoms with Crippen LogP contribution in [0.25, 0.3) is 0 Å². The molecule has 1 amide bonds. The Morgan fingerprint density at radius 2 is 1.44 bits per heavy atom. The number of nitrogens with zero attached hydrogens (tertiary/aromatic N) is 2. The van der Waals surface area contributed by atoms with Crippen molar-refractivity contribution in [3.05, 3.63) is 95.0 Å². The number of ether oxygens (including phenoxy) is 1. The zero-order valence-electron chi connectivity index (χ0n) is 18.8. The molecule has 0 N–H and O–H groups in total. The molecular formula is C26H27ClN2O4S. The number of benzene rings is 3. The van der Waals surface area contributed by atoms with Crippen LogP contribution in [0.2, 0.25) is 5.02 Å². The number of carbonyl (C=O) groups is 1. The van der Waals surface area contributed by atoms with Crippen LogP contribution in [-0.2, 0) is 27.9 Å². The van der Waals surface area contributed by atoms with E-state index in [-0.39, 0.29) is 23.2 Å². The quantitative estimate of drug-likeness (QED) is 0.427. The molecule has 6 nitrogen and oxygen atoms in total. The molecule has 1 fully saturated rings. The minimum absolute atomic E-state index is 0.00707. The summed E-state index contributed by atoms with van der Waals surface area (Å²) in [6.45, 7) is 1.48. The highest BCUT2D eigenvalue weighted by Crippen LogP contribution is 2.31. The van der Waals surface area contributed by atoms with Gasteiger partial charge in [0.2, 0.25) is 10.0 Å². The molecule has 0 unspecified atom stereocenters. The Hall–Kier alpha value is -2.87. The van der Waals surface area contributed by atoms with E-state index in [1.165, 1.54) is 16.4 Å². The van der Waals surface area contributed by atoms with E-state index in [4.69, 9.17) is 16.3 Å². The van der Waals surface area contributed by atoms with Crippen molar-refractivity contribution in [3.63, 3.8) is 0 Å². The van der Waals surface area contributed by atoms with Gasteiger partial charge < -0.3 is 9.64 Å². The van der Waals surface area contributed by atoms with Gasteiger partial charge in [-0.05, 0) is 42.2 Å². The summed E-state index contributed by atoms with van der Waals surface area (Å²) in [5, 5.41) is 0.297. The maximum Gasteiger partial charge on any atom is 0.261 e. The number of sulfonamides is 1. The van der Waals surface area contributed by atoms with Crippen molar-refractivity contribution in [1.29, 1.82) is 0 Å². The lowest BCUT2D eigenvalue weighted by Crippen LogP contribution is -2.34. The van der Waals surface area contributed by atoms with Gasteiger partial charge in [-0.15, -0.1) is 0 Å². The van der Waals surface area contributed by atoms with Crippen molar-refractivity contribution in [2.24, 2.45) is 0 Å². The average molecular weight is 499 g/mol. The van der Waals surface area contributed by atoms with Gasteiger partial charge in [-0.1, -0.05) is 72.3 Å². The molecule has 1 saturated heterocycles. The van der Waals surface area contributed by atoms with Crippen LogP contribution >= 0.6 is 11.6 Å². The predicted octanol–water partition coefficient (Wildman–Crippen LogP) is 4.73. The summed E-state index contributed by atoms with van der Waals surface area (Å²) >= 11 is 6.11. The second-order valence-corrected chi connectivity index (χ2v) is 10.6. The van der Waals surface area contributed by atoms with Crippen LogP contribution < -0.4 is 4.74 Å². The minimum Gasteiger partial charge on any atom is -0.482 e. The molecule has 1 aliphatic rings. The molecule has 0 saturated carbocycles. The van der Waals surface area contributed by atoms with Crippen LogP contribution in [0.5, 0.6) is 5.75 Å². The first-order chi connectivity index (χ1) is 16.4. The summed E-state index contributed by atoms with van der Waals surface area (Å²) in [5.41, 5.74) is 1.99. The fraction of sp³-hybridized carbons (Fsp3) is 0.269. The number of carbonyl (C=O) groups excluding carboxylic acids is 1. The Morgan fingerprint density at radius 1 is 0.882 bits per heavy atom. The highest BCUT2D eigenvalue weighted by molar-refractivity contribution is 7.89. The second kappa shape index (κ2) is 11.0. The first kappa shape index (κ1) is 24.3. The second-order valence-electron chi connectivity index (χ2n) is 8.21. The van der Waals surface area contributed by atoms with Gasteiger partial charge in [-0.2, -0.15) is 4.31 Å². The highest BCUT2D eigenvalue weighted by Gasteiger charge is 2.30. The molecule has 0 radical (unpaired) electrons. The molecular weight excluding hydrogens is 472 g/mol. The van der Waals surface area contributed by atoms with Crippen LogP contribution in [0.1, 0.15) is 24.0 Å². The standard InChI is InChI=1S/C26H27ClN2O4S/c27-23-13-14-24(25(17-23)34(31,32)29-15-7-8-16-29)33-20-26(30)28(18-21-9-3-1-4-10-21)19-22-11-5-2-6-12-22/h1-6,9-14,17H,7-8,15-16,18-20H2. The molecule has 3 aromatic carbocycles. The van der Waals surface area contributed by atoms with Crippen LogP contribution in [0.3, 0.4) is 0 Å². The number of rotatable bonds is 9. The van der Waals surface area contributed by atoms with E-state index in [1.807, 2.05) is 60.7 Å². The summed E-state index contributed by atoms with van der Waals surface area (Å²) < 4.78 is 33.6. The molecule has 178 valence electrons. The Bertz CT molecular complexity index is 1170. The van der Waals surface area contributed by atoms with E-state index >= 15 is 0 Å². The summed E-state index contributed by atoms with van der Waals surface area (Å²) in [7, 11) is -3.76. The summed E-state index contributed by atoms with van der Waals surface area (Å²) in [6, 6.07) is 23.9. The molecule has 0 aromatic heterocycles. The molecule has 34 heavy (non-hydrogen) atoms. The molecule has 8 heteroatoms. The maximum absolute atomic E-state index is 13.2. The fourth-order valence-electron chi connectivity index (χ4n) is 3.94. The van der Waals surface area contributed by atoms with E-state index in [0.29, 0.717) is 31.2 Å². The number of hydrogen-bond donors (Lipinski definition) is 0. The van der Waals surface area contributed by atoms with Crippen LogP contribution in [-0.4, -0.2) is 43.2 Å². The third kappa shape index (κ3) is 5.97. The van der Waals surface area contributed by atoms with Crippen molar-refractivity contribution >= 4 is 27.5 Å². The van der Waals surface area contributed by atoms with Gasteiger partial charge in [0.15, 0.2) is 6.61 Å². The van der Waals surface area contributed by atoms with Crippen LogP contribution in [0, 0.1) is 0 Å². The van der Waals surface area contributed by atoms with Gasteiger partial charge in [0.1, 0.15) is 10.6 Å². The van der Waals surface area contributed by atoms with Gasteiger partial charge in [0, 0.05) is 31.2 Å². The Labute approximate surface area is 205 Å². The average Bonchev–Trinajstić information content (AvgIpc) is 3.40. The number of halogens is 1. The summed E-state index contributed by atoms with van der Waals surface area (Å²) in [5.74, 6) is -0.115. The molecule has 0 spiro atoms. The van der Waals surface area contributed by atoms with Crippen molar-refractivity contribution in [2.75, 3.05) is 19.7 Å². The van der Waals surface area contributed by atoms with E-state index in [2.05, 4.69) is 0 Å². The van der Waals surface area contributed by atoms with Crippen LogP contribution in [0.4, 0.5) is 0 Å².